The van der Waals surface area contributed by atoms with Crippen LogP contribution in [0.1, 0.15) is 52.9 Å². The Labute approximate surface area is 244 Å². The van der Waals surface area contributed by atoms with Crippen LogP contribution in [0.4, 0.5) is 0 Å². The second-order valence-corrected chi connectivity index (χ2v) is 12.1. The predicted octanol–water partition coefficient (Wildman–Crippen LogP) is -0.376. The van der Waals surface area contributed by atoms with E-state index in [0.717, 1.165) is 37.8 Å². The van der Waals surface area contributed by atoms with Crippen molar-refractivity contribution in [3.63, 3.8) is 0 Å². The van der Waals surface area contributed by atoms with Gasteiger partial charge in [-0.2, -0.15) is 0 Å². The Bertz CT molecular complexity index is 1150. The molecule has 11 atom stereocenters. The van der Waals surface area contributed by atoms with E-state index < -0.39 is 95.5 Å². The predicted molar refractivity (Wildman–Crippen MR) is 145 cm³/mol. The van der Waals surface area contributed by atoms with Gasteiger partial charge in [-0.05, 0) is 32.3 Å². The van der Waals surface area contributed by atoms with Crippen molar-refractivity contribution in [2.45, 2.75) is 99.7 Å². The van der Waals surface area contributed by atoms with E-state index in [2.05, 4.69) is 6.92 Å². The summed E-state index contributed by atoms with van der Waals surface area (Å²) in [5.41, 5.74) is -8.11. The van der Waals surface area contributed by atoms with Crippen LogP contribution in [0.5, 0.6) is 0 Å². The number of fused-ring (bicyclic) bond motifs is 5. The molecule has 1 heterocycles. The van der Waals surface area contributed by atoms with Gasteiger partial charge >= 0.3 is 11.9 Å². The lowest BCUT2D eigenvalue weighted by molar-refractivity contribution is -0.263. The molecule has 12 nitrogen and oxygen atoms in total. The summed E-state index contributed by atoms with van der Waals surface area (Å²) in [6.45, 7) is 3.32. The molecule has 0 spiro atoms. The molecular formula is C30H42O12. The molecule has 3 aliphatic carbocycles. The average molecular weight is 595 g/mol. The summed E-state index contributed by atoms with van der Waals surface area (Å²) in [7, 11) is 0. The first-order valence-corrected chi connectivity index (χ1v) is 14.5. The Hall–Kier alpha value is -2.45. The molecule has 11 unspecified atom stereocenters. The topological polar surface area (TPSA) is 204 Å². The molecule has 2 saturated carbocycles. The number of ether oxygens (including phenoxy) is 3. The maximum Gasteiger partial charge on any atom is 0.338 e. The fourth-order valence-corrected chi connectivity index (χ4v) is 7.23. The zero-order valence-electron chi connectivity index (χ0n) is 24.1. The number of esters is 2. The number of allylic oxidation sites excluding steroid dienone is 3. The number of rotatable bonds is 11. The maximum absolute atomic E-state index is 13.0. The van der Waals surface area contributed by atoms with E-state index >= 15 is 0 Å². The molecule has 1 aliphatic heterocycles. The van der Waals surface area contributed by atoms with Crippen LogP contribution in [0, 0.1) is 17.8 Å². The standard InChI is InChI=1S/C30H42O12/c1-4-5-6-7-8-9-10-11-22(35)40-23-17(2)29(38)18(14-27(23,3)42-25(36)19(33)15-31)24-28(16-32,41-24)26(37)30(39)20(29)12-13-21(30)34/h8-13,17-20,23-24,26,31-33,37-39H,4-7,14-16H2,1-3H3/b9-8+,11-10+. The van der Waals surface area contributed by atoms with Crippen LogP contribution >= 0.6 is 0 Å². The molecule has 42 heavy (non-hydrogen) atoms. The molecular weight excluding hydrogens is 552 g/mol. The number of epoxide rings is 1. The zero-order valence-corrected chi connectivity index (χ0v) is 24.1. The molecule has 0 aromatic rings. The molecule has 0 amide bonds. The van der Waals surface area contributed by atoms with E-state index in [-0.39, 0.29) is 6.42 Å². The third kappa shape index (κ3) is 5.06. The fraction of sp³-hybridized carbons (Fsp3) is 0.700. The van der Waals surface area contributed by atoms with E-state index in [1.54, 1.807) is 6.08 Å². The highest BCUT2D eigenvalue weighted by molar-refractivity contribution is 6.01. The number of ketones is 1. The Morgan fingerprint density at radius 2 is 1.93 bits per heavy atom. The Balaban J connectivity index is 1.71. The van der Waals surface area contributed by atoms with Gasteiger partial charge in [0.25, 0.3) is 0 Å². The van der Waals surface area contributed by atoms with Gasteiger partial charge in [-0.1, -0.05) is 51.0 Å². The molecule has 6 N–H and O–H groups in total. The van der Waals surface area contributed by atoms with Crippen LogP contribution < -0.4 is 0 Å². The number of carbonyl (C=O) groups is 3. The van der Waals surface area contributed by atoms with Gasteiger partial charge in [-0.3, -0.25) is 4.79 Å². The van der Waals surface area contributed by atoms with Crippen molar-refractivity contribution in [3.8, 4) is 0 Å². The number of aliphatic hydroxyl groups excluding tert-OH is 4. The van der Waals surface area contributed by atoms with Crippen LogP contribution in [0.3, 0.4) is 0 Å². The fourth-order valence-electron chi connectivity index (χ4n) is 7.23. The molecule has 0 aromatic heterocycles. The van der Waals surface area contributed by atoms with Crippen LogP contribution in [0.2, 0.25) is 0 Å². The van der Waals surface area contributed by atoms with Gasteiger partial charge in [0.05, 0.1) is 24.9 Å². The lowest BCUT2D eigenvalue weighted by atomic mass is 9.55. The van der Waals surface area contributed by atoms with Gasteiger partial charge in [0.15, 0.2) is 17.5 Å². The lowest BCUT2D eigenvalue weighted by Crippen LogP contribution is -2.70. The van der Waals surface area contributed by atoms with E-state index in [0.29, 0.717) is 0 Å². The van der Waals surface area contributed by atoms with Gasteiger partial charge < -0.3 is 44.8 Å². The Kier molecular flexibility index (Phi) is 9.21. The third-order valence-corrected chi connectivity index (χ3v) is 9.55. The summed E-state index contributed by atoms with van der Waals surface area (Å²) in [6.07, 6.45) is 6.07. The first-order valence-electron chi connectivity index (χ1n) is 14.5. The van der Waals surface area contributed by atoms with Crippen LogP contribution in [-0.4, -0.2) is 108 Å². The lowest BCUT2D eigenvalue weighted by Gasteiger charge is -2.57. The Morgan fingerprint density at radius 3 is 2.57 bits per heavy atom. The third-order valence-electron chi connectivity index (χ3n) is 9.55. The van der Waals surface area contributed by atoms with Crippen LogP contribution in [-0.2, 0) is 28.6 Å². The molecule has 0 aromatic carbocycles. The average Bonchev–Trinajstić information content (AvgIpc) is 3.63. The minimum absolute atomic E-state index is 0.273. The van der Waals surface area contributed by atoms with Gasteiger partial charge in [-0.25, -0.2) is 9.59 Å². The van der Waals surface area contributed by atoms with Crippen molar-refractivity contribution in [2.75, 3.05) is 13.2 Å². The van der Waals surface area contributed by atoms with Crippen molar-refractivity contribution in [2.24, 2.45) is 17.8 Å². The highest BCUT2D eigenvalue weighted by atomic mass is 16.6. The molecule has 0 radical (unpaired) electrons. The molecule has 234 valence electrons. The van der Waals surface area contributed by atoms with Gasteiger partial charge in [0.2, 0.25) is 0 Å². The second kappa shape index (κ2) is 11.9. The normalized spacial score (nSPS) is 43.0. The summed E-state index contributed by atoms with van der Waals surface area (Å²) < 4.78 is 17.2. The first kappa shape index (κ1) is 32.5. The SMILES string of the molecule is CCCCC/C=C/C=C/C(=O)OC1C(C)C2(O)C(CC1(C)OC(=O)C(O)CO)C1OC1(CO)C(O)C1(O)C(=O)C=CC12. The molecule has 1 saturated heterocycles. The highest BCUT2D eigenvalue weighted by Gasteiger charge is 2.82. The van der Waals surface area contributed by atoms with Gasteiger partial charge in [0, 0.05) is 23.8 Å². The van der Waals surface area contributed by atoms with E-state index in [4.69, 9.17) is 14.2 Å². The van der Waals surface area contributed by atoms with Crippen molar-refractivity contribution in [3.05, 3.63) is 36.5 Å². The maximum atomic E-state index is 13.0. The van der Waals surface area contributed by atoms with Crippen molar-refractivity contribution in [1.29, 1.82) is 0 Å². The minimum Gasteiger partial charge on any atom is -0.455 e. The molecule has 4 aliphatic rings. The Morgan fingerprint density at radius 1 is 1.21 bits per heavy atom. The van der Waals surface area contributed by atoms with E-state index in [1.165, 1.54) is 26.0 Å². The number of hydrogen-bond donors (Lipinski definition) is 6. The first-order chi connectivity index (χ1) is 19.8. The monoisotopic (exact) mass is 594 g/mol. The van der Waals surface area contributed by atoms with Crippen molar-refractivity contribution >= 4 is 17.7 Å². The molecule has 0 bridgehead atoms. The highest BCUT2D eigenvalue weighted by Crippen LogP contribution is 2.64. The number of unbranched alkanes of at least 4 members (excludes halogenated alkanes) is 3. The van der Waals surface area contributed by atoms with Crippen LogP contribution in [0.15, 0.2) is 36.5 Å². The minimum atomic E-state index is -2.55. The van der Waals surface area contributed by atoms with Crippen molar-refractivity contribution < 1.29 is 59.2 Å². The smallest absolute Gasteiger partial charge is 0.338 e. The number of carbonyl (C=O) groups excluding carboxylic acids is 3. The van der Waals surface area contributed by atoms with Crippen molar-refractivity contribution in [1.82, 2.24) is 0 Å². The van der Waals surface area contributed by atoms with Gasteiger partial charge in [0.1, 0.15) is 23.4 Å². The summed E-state index contributed by atoms with van der Waals surface area (Å²) in [4.78, 5) is 38.6. The zero-order chi connectivity index (χ0) is 31.1. The molecule has 4 rings (SSSR count). The van der Waals surface area contributed by atoms with Gasteiger partial charge in [-0.15, -0.1) is 0 Å². The summed E-state index contributed by atoms with van der Waals surface area (Å²) in [6, 6.07) is 0. The van der Waals surface area contributed by atoms with E-state index in [1.807, 2.05) is 6.08 Å². The summed E-state index contributed by atoms with van der Waals surface area (Å²) >= 11 is 0. The largest absolute Gasteiger partial charge is 0.455 e. The summed E-state index contributed by atoms with van der Waals surface area (Å²) in [5.74, 6) is -6.50. The molecule has 3 fully saturated rings. The van der Waals surface area contributed by atoms with E-state index in [9.17, 15) is 45.0 Å². The van der Waals surface area contributed by atoms with Crippen LogP contribution in [0.25, 0.3) is 0 Å². The second-order valence-electron chi connectivity index (χ2n) is 12.1. The number of aliphatic hydroxyl groups is 6. The number of hydrogen-bond acceptors (Lipinski definition) is 12. The quantitative estimate of drug-likeness (QED) is 0.0596. The summed E-state index contributed by atoms with van der Waals surface area (Å²) in [5, 5.41) is 64.8. The molecule has 12 heteroatoms.